The lowest BCUT2D eigenvalue weighted by molar-refractivity contribution is 0.361. The minimum Gasteiger partial charge on any atom is -0.449 e. The highest BCUT2D eigenvalue weighted by Gasteiger charge is 2.39. The molecule has 1 aliphatic heterocycles. The molecule has 7 aromatic rings. The molecule has 10 rings (SSSR count). The Hall–Kier alpha value is -6.26. The molecule has 0 N–H and O–H groups in total. The van der Waals surface area contributed by atoms with E-state index in [2.05, 4.69) is 147 Å². The molecule has 0 amide bonds. The van der Waals surface area contributed by atoms with Crippen molar-refractivity contribution in [2.75, 3.05) is 0 Å². The number of ether oxygens (including phenoxy) is 2. The zero-order chi connectivity index (χ0) is 34.1. The lowest BCUT2D eigenvalue weighted by Crippen LogP contribution is -2.15. The highest BCUT2D eigenvalue weighted by molar-refractivity contribution is 6.04. The van der Waals surface area contributed by atoms with Crippen molar-refractivity contribution in [2.24, 2.45) is 0 Å². The van der Waals surface area contributed by atoms with E-state index in [1.807, 2.05) is 12.1 Å². The predicted molar refractivity (Wildman–Crippen MR) is 206 cm³/mol. The van der Waals surface area contributed by atoms with Crippen LogP contribution < -0.4 is 9.47 Å². The van der Waals surface area contributed by atoms with Crippen molar-refractivity contribution < 1.29 is 9.47 Å². The lowest BCUT2D eigenvalue weighted by atomic mass is 9.82. The zero-order valence-corrected chi connectivity index (χ0v) is 28.5. The molecule has 1 aromatic heterocycles. The molecule has 3 aliphatic rings. The van der Waals surface area contributed by atoms with Crippen LogP contribution in [0, 0.1) is 0 Å². The van der Waals surface area contributed by atoms with E-state index in [1.54, 1.807) is 0 Å². The monoisotopic (exact) mass is 658 g/mol. The van der Waals surface area contributed by atoms with Crippen molar-refractivity contribution in [3.05, 3.63) is 162 Å². The first kappa shape index (κ1) is 29.6. The fraction of sp³-hybridized carbons (Fsp3) is 0.106. The summed E-state index contributed by atoms with van der Waals surface area (Å²) in [5.74, 6) is 3.47. The fourth-order valence-electron chi connectivity index (χ4n) is 8.07. The molecule has 0 saturated heterocycles. The van der Waals surface area contributed by atoms with Gasteiger partial charge in [0.1, 0.15) is 0 Å². The fourth-order valence-corrected chi connectivity index (χ4v) is 8.07. The summed E-state index contributed by atoms with van der Waals surface area (Å²) >= 11 is 0. The number of hydrogen-bond donors (Lipinski definition) is 0. The van der Waals surface area contributed by atoms with Gasteiger partial charge in [-0.25, -0.2) is 9.97 Å². The molecule has 0 radical (unpaired) electrons. The molecular weight excluding hydrogens is 625 g/mol. The third-order valence-corrected chi connectivity index (χ3v) is 10.6. The van der Waals surface area contributed by atoms with Gasteiger partial charge in [0, 0.05) is 22.1 Å². The van der Waals surface area contributed by atoms with Crippen molar-refractivity contribution >= 4 is 16.3 Å². The van der Waals surface area contributed by atoms with Crippen LogP contribution in [-0.4, -0.2) is 9.97 Å². The smallest absolute Gasteiger partial charge is 0.179 e. The molecular formula is C47H34N2O2. The Balaban J connectivity index is 1.13. The second kappa shape index (κ2) is 11.4. The molecule has 2 heterocycles. The Morgan fingerprint density at radius 2 is 1.25 bits per heavy atom. The Kier molecular flexibility index (Phi) is 6.62. The molecule has 244 valence electrons. The van der Waals surface area contributed by atoms with Crippen LogP contribution in [0.2, 0.25) is 0 Å². The van der Waals surface area contributed by atoms with E-state index >= 15 is 0 Å². The Bertz CT molecular complexity index is 2620. The van der Waals surface area contributed by atoms with E-state index in [1.165, 1.54) is 27.8 Å². The molecule has 0 spiro atoms. The number of allylic oxidation sites excluding steroid dienone is 4. The van der Waals surface area contributed by atoms with Gasteiger partial charge in [-0.15, -0.1) is 0 Å². The van der Waals surface area contributed by atoms with Crippen LogP contribution in [0.25, 0.3) is 61.2 Å². The minimum absolute atomic E-state index is 0.133. The number of hydrogen-bond acceptors (Lipinski definition) is 4. The summed E-state index contributed by atoms with van der Waals surface area (Å²) in [4.78, 5) is 10.5. The van der Waals surface area contributed by atoms with E-state index in [0.717, 1.165) is 63.0 Å². The van der Waals surface area contributed by atoms with E-state index in [4.69, 9.17) is 19.4 Å². The molecule has 4 nitrogen and oxygen atoms in total. The SMILES string of the molecule is CC1(C)c2ccccc2-c2c1ccc1c2Oc2cccc(-c3cc(C4=CCCC=C4)nc(-c4ccc(-c5ccccc5)c5ccccc45)n3)c2O1. The van der Waals surface area contributed by atoms with Gasteiger partial charge in [0.05, 0.1) is 11.4 Å². The van der Waals surface area contributed by atoms with Gasteiger partial charge in [-0.05, 0) is 87.3 Å². The van der Waals surface area contributed by atoms with Crippen molar-refractivity contribution in [1.29, 1.82) is 0 Å². The van der Waals surface area contributed by atoms with Gasteiger partial charge < -0.3 is 9.47 Å². The van der Waals surface area contributed by atoms with Crippen LogP contribution >= 0.6 is 0 Å². The second-order valence-corrected chi connectivity index (χ2v) is 14.0. The van der Waals surface area contributed by atoms with Crippen LogP contribution in [0.5, 0.6) is 23.0 Å². The maximum Gasteiger partial charge on any atom is 0.179 e. The standard InChI is InChI=1S/C47H34N2O2/c1-47(2)37-22-12-11-20-35(37)43-38(47)26-27-42-45(43)51-41-23-13-21-36(44(41)50-42)40-28-39(30-16-7-4-8-17-30)48-46(49-40)34-25-24-31(29-14-5-3-6-15-29)32-18-9-10-19-33(32)34/h3,5-7,9-28H,4,8H2,1-2H3. The molecule has 0 atom stereocenters. The summed E-state index contributed by atoms with van der Waals surface area (Å²) in [6, 6.07) is 44.4. The first-order chi connectivity index (χ1) is 25.0. The summed E-state index contributed by atoms with van der Waals surface area (Å²) in [6.07, 6.45) is 8.67. The third-order valence-electron chi connectivity index (χ3n) is 10.6. The van der Waals surface area contributed by atoms with Gasteiger partial charge in [0.2, 0.25) is 0 Å². The van der Waals surface area contributed by atoms with Crippen LogP contribution in [0.3, 0.4) is 0 Å². The van der Waals surface area contributed by atoms with Crippen molar-refractivity contribution in [1.82, 2.24) is 9.97 Å². The topological polar surface area (TPSA) is 44.2 Å². The van der Waals surface area contributed by atoms with Gasteiger partial charge >= 0.3 is 0 Å². The average molecular weight is 659 g/mol. The van der Waals surface area contributed by atoms with Crippen molar-refractivity contribution in [3.8, 4) is 67.9 Å². The number of benzene rings is 6. The molecule has 6 aromatic carbocycles. The minimum atomic E-state index is -0.133. The number of fused-ring (bicyclic) bond motifs is 7. The predicted octanol–water partition coefficient (Wildman–Crippen LogP) is 12.6. The maximum atomic E-state index is 6.82. The van der Waals surface area contributed by atoms with Gasteiger partial charge in [0.25, 0.3) is 0 Å². The highest BCUT2D eigenvalue weighted by atomic mass is 16.6. The van der Waals surface area contributed by atoms with Crippen molar-refractivity contribution in [3.63, 3.8) is 0 Å². The van der Waals surface area contributed by atoms with E-state index in [-0.39, 0.29) is 5.41 Å². The normalized spacial score (nSPS) is 14.8. The summed E-state index contributed by atoms with van der Waals surface area (Å²) < 4.78 is 13.6. The largest absolute Gasteiger partial charge is 0.449 e. The van der Waals surface area contributed by atoms with Gasteiger partial charge in [-0.1, -0.05) is 129 Å². The number of nitrogens with zero attached hydrogens (tertiary/aromatic N) is 2. The van der Waals surface area contributed by atoms with Crippen LogP contribution in [-0.2, 0) is 5.41 Å². The van der Waals surface area contributed by atoms with Gasteiger partial charge in [-0.3, -0.25) is 0 Å². The van der Waals surface area contributed by atoms with Crippen LogP contribution in [0.4, 0.5) is 0 Å². The Labute approximate surface area is 297 Å². The van der Waals surface area contributed by atoms with Crippen LogP contribution in [0.1, 0.15) is 43.5 Å². The first-order valence-electron chi connectivity index (χ1n) is 17.6. The van der Waals surface area contributed by atoms with E-state index in [9.17, 15) is 0 Å². The van der Waals surface area contributed by atoms with Gasteiger partial charge in [0.15, 0.2) is 28.8 Å². The van der Waals surface area contributed by atoms with Crippen molar-refractivity contribution in [2.45, 2.75) is 32.1 Å². The third kappa shape index (κ3) is 4.67. The summed E-state index contributed by atoms with van der Waals surface area (Å²) in [6.45, 7) is 4.55. The number of rotatable bonds is 4. The molecule has 0 fully saturated rings. The molecule has 0 bridgehead atoms. The second-order valence-electron chi connectivity index (χ2n) is 14.0. The number of para-hydroxylation sites is 1. The molecule has 51 heavy (non-hydrogen) atoms. The van der Waals surface area contributed by atoms with Crippen LogP contribution in [0.15, 0.2) is 146 Å². The zero-order valence-electron chi connectivity index (χ0n) is 28.5. The quantitative estimate of drug-likeness (QED) is 0.189. The Morgan fingerprint density at radius 3 is 2.10 bits per heavy atom. The molecule has 0 saturated carbocycles. The molecule has 2 aliphatic carbocycles. The summed E-state index contributed by atoms with van der Waals surface area (Å²) in [5, 5.41) is 2.27. The summed E-state index contributed by atoms with van der Waals surface area (Å²) in [5.41, 5.74) is 11.7. The lowest BCUT2D eigenvalue weighted by Gasteiger charge is -2.26. The van der Waals surface area contributed by atoms with Gasteiger partial charge in [-0.2, -0.15) is 0 Å². The number of aromatic nitrogens is 2. The summed E-state index contributed by atoms with van der Waals surface area (Å²) in [7, 11) is 0. The molecule has 4 heteroatoms. The molecule has 0 unspecified atom stereocenters. The maximum absolute atomic E-state index is 6.82. The first-order valence-corrected chi connectivity index (χ1v) is 17.6. The van der Waals surface area contributed by atoms with E-state index < -0.39 is 0 Å². The highest BCUT2D eigenvalue weighted by Crippen LogP contribution is 2.59. The van der Waals surface area contributed by atoms with E-state index in [0.29, 0.717) is 23.1 Å². The Morgan fingerprint density at radius 1 is 0.549 bits per heavy atom. The average Bonchev–Trinajstić information content (AvgIpc) is 3.43.